The summed E-state index contributed by atoms with van der Waals surface area (Å²) in [5, 5.41) is 4.42. The molecular weight excluding hydrogens is 218 g/mol. The van der Waals surface area contributed by atoms with Crippen molar-refractivity contribution in [3.8, 4) is 0 Å². The Balaban J connectivity index is 2.36. The Morgan fingerprint density at radius 1 is 1.38 bits per heavy atom. The average Bonchev–Trinajstić information content (AvgIpc) is 2.76. The van der Waals surface area contributed by atoms with Crippen LogP contribution in [-0.4, -0.2) is 14.6 Å². The highest BCUT2D eigenvalue weighted by molar-refractivity contribution is 7.23. The Bertz CT molecular complexity index is 651. The normalized spacial score (nSPS) is 11.6. The maximum atomic E-state index is 4.42. The molecule has 0 unspecified atom stereocenters. The summed E-state index contributed by atoms with van der Waals surface area (Å²) in [5.74, 6) is 0.842. The number of aromatic nitrogens is 3. The van der Waals surface area contributed by atoms with Crippen LogP contribution in [0, 0.1) is 6.92 Å². The first-order valence-corrected chi connectivity index (χ1v) is 6.35. The maximum absolute atomic E-state index is 4.42. The molecule has 0 saturated carbocycles. The van der Waals surface area contributed by atoms with Crippen molar-refractivity contribution < 1.29 is 0 Å². The van der Waals surface area contributed by atoms with Crippen LogP contribution in [0.1, 0.15) is 24.7 Å². The molecule has 3 aromatic rings. The molecule has 0 amide bonds. The molecule has 82 valence electrons. The zero-order valence-corrected chi connectivity index (χ0v) is 10.2. The van der Waals surface area contributed by atoms with Crippen molar-refractivity contribution in [2.45, 2.75) is 26.7 Å². The first-order chi connectivity index (χ1) is 7.79. The van der Waals surface area contributed by atoms with Crippen LogP contribution in [-0.2, 0) is 6.42 Å². The third kappa shape index (κ3) is 1.33. The van der Waals surface area contributed by atoms with E-state index in [4.69, 9.17) is 0 Å². The minimum absolute atomic E-state index is 0.842. The van der Waals surface area contributed by atoms with Gasteiger partial charge >= 0.3 is 0 Å². The molecule has 2 heterocycles. The largest absolute Gasteiger partial charge is 0.213 e. The van der Waals surface area contributed by atoms with Crippen LogP contribution >= 0.6 is 11.3 Å². The van der Waals surface area contributed by atoms with E-state index >= 15 is 0 Å². The summed E-state index contributed by atoms with van der Waals surface area (Å²) in [4.78, 5) is 5.42. The summed E-state index contributed by atoms with van der Waals surface area (Å²) in [7, 11) is 0. The molecule has 0 spiro atoms. The van der Waals surface area contributed by atoms with E-state index in [0.29, 0.717) is 0 Å². The van der Waals surface area contributed by atoms with E-state index in [1.807, 2.05) is 11.4 Å². The van der Waals surface area contributed by atoms with E-state index < -0.39 is 0 Å². The lowest BCUT2D eigenvalue weighted by atomic mass is 10.1. The molecule has 2 aromatic heterocycles. The van der Waals surface area contributed by atoms with Gasteiger partial charge in [0.2, 0.25) is 4.96 Å². The number of benzene rings is 1. The van der Waals surface area contributed by atoms with Crippen molar-refractivity contribution in [3.63, 3.8) is 0 Å². The Morgan fingerprint density at radius 3 is 3.06 bits per heavy atom. The standard InChI is InChI=1S/C12H13N3S/c1-3-5-9-6-4-7-10-11(9)16-12-13-8(2)14-15(10)12/h4,6-7H,3,5H2,1-2H3. The van der Waals surface area contributed by atoms with Gasteiger partial charge < -0.3 is 0 Å². The van der Waals surface area contributed by atoms with Crippen molar-refractivity contribution in [2.75, 3.05) is 0 Å². The number of hydrogen-bond donors (Lipinski definition) is 0. The van der Waals surface area contributed by atoms with Crippen molar-refractivity contribution in [3.05, 3.63) is 29.6 Å². The molecule has 16 heavy (non-hydrogen) atoms. The van der Waals surface area contributed by atoms with Crippen LogP contribution in [0.3, 0.4) is 0 Å². The van der Waals surface area contributed by atoms with Gasteiger partial charge in [-0.05, 0) is 25.0 Å². The second kappa shape index (κ2) is 3.56. The summed E-state index contributed by atoms with van der Waals surface area (Å²) in [6, 6.07) is 6.43. The monoisotopic (exact) mass is 231 g/mol. The maximum Gasteiger partial charge on any atom is 0.213 e. The predicted octanol–water partition coefficient (Wildman–Crippen LogP) is 3.20. The van der Waals surface area contributed by atoms with Crippen LogP contribution in [0.4, 0.5) is 0 Å². The SMILES string of the molecule is CCCc1cccc2c1sc1nc(C)nn12. The molecule has 4 heteroatoms. The number of nitrogens with zero attached hydrogens (tertiary/aromatic N) is 3. The van der Waals surface area contributed by atoms with Crippen LogP contribution in [0.15, 0.2) is 18.2 Å². The van der Waals surface area contributed by atoms with E-state index in [2.05, 4.69) is 35.2 Å². The zero-order valence-electron chi connectivity index (χ0n) is 9.40. The fraction of sp³-hybridized carbons (Fsp3) is 0.333. The van der Waals surface area contributed by atoms with Gasteiger partial charge in [-0.3, -0.25) is 0 Å². The molecule has 0 aliphatic rings. The van der Waals surface area contributed by atoms with Crippen molar-refractivity contribution in [2.24, 2.45) is 0 Å². The number of fused-ring (bicyclic) bond motifs is 3. The lowest BCUT2D eigenvalue weighted by molar-refractivity contribution is 0.928. The van der Waals surface area contributed by atoms with Crippen LogP contribution in [0.5, 0.6) is 0 Å². The molecule has 0 aliphatic heterocycles. The molecule has 0 saturated heterocycles. The van der Waals surface area contributed by atoms with Crippen molar-refractivity contribution in [1.29, 1.82) is 0 Å². The Labute approximate surface area is 97.7 Å². The fourth-order valence-electron chi connectivity index (χ4n) is 2.03. The van der Waals surface area contributed by atoms with Gasteiger partial charge in [-0.15, -0.1) is 0 Å². The number of aryl methyl sites for hydroxylation is 2. The van der Waals surface area contributed by atoms with Crippen molar-refractivity contribution >= 4 is 26.5 Å². The van der Waals surface area contributed by atoms with Crippen molar-refractivity contribution in [1.82, 2.24) is 14.6 Å². The molecule has 0 radical (unpaired) electrons. The molecule has 0 atom stereocenters. The lowest BCUT2D eigenvalue weighted by Crippen LogP contribution is -1.87. The average molecular weight is 231 g/mol. The van der Waals surface area contributed by atoms with Gasteiger partial charge in [0.15, 0.2) is 0 Å². The smallest absolute Gasteiger partial charge is 0.203 e. The van der Waals surface area contributed by atoms with Gasteiger partial charge in [-0.1, -0.05) is 36.8 Å². The zero-order chi connectivity index (χ0) is 11.1. The van der Waals surface area contributed by atoms with Crippen LogP contribution < -0.4 is 0 Å². The Kier molecular flexibility index (Phi) is 2.17. The highest BCUT2D eigenvalue weighted by atomic mass is 32.1. The quantitative estimate of drug-likeness (QED) is 0.678. The Hall–Kier alpha value is -1.42. The van der Waals surface area contributed by atoms with Gasteiger partial charge in [0.1, 0.15) is 5.82 Å². The van der Waals surface area contributed by atoms with E-state index in [1.54, 1.807) is 11.3 Å². The third-order valence-electron chi connectivity index (χ3n) is 2.70. The third-order valence-corrected chi connectivity index (χ3v) is 3.82. The van der Waals surface area contributed by atoms with Crippen LogP contribution in [0.2, 0.25) is 0 Å². The van der Waals surface area contributed by atoms with Gasteiger partial charge in [0, 0.05) is 0 Å². The predicted molar refractivity (Wildman–Crippen MR) is 67.1 cm³/mol. The topological polar surface area (TPSA) is 30.2 Å². The molecule has 3 nitrogen and oxygen atoms in total. The van der Waals surface area contributed by atoms with E-state index in [-0.39, 0.29) is 0 Å². The van der Waals surface area contributed by atoms with Crippen LogP contribution in [0.25, 0.3) is 15.2 Å². The number of hydrogen-bond acceptors (Lipinski definition) is 3. The minimum atomic E-state index is 0.842. The first-order valence-electron chi connectivity index (χ1n) is 5.53. The highest BCUT2D eigenvalue weighted by Gasteiger charge is 2.10. The van der Waals surface area contributed by atoms with E-state index in [9.17, 15) is 0 Å². The molecule has 0 bridgehead atoms. The number of rotatable bonds is 2. The molecule has 1 aromatic carbocycles. The molecule has 0 N–H and O–H groups in total. The molecule has 3 rings (SSSR count). The second-order valence-electron chi connectivity index (χ2n) is 3.97. The molecular formula is C12H13N3S. The minimum Gasteiger partial charge on any atom is -0.203 e. The van der Waals surface area contributed by atoms with Gasteiger partial charge in [-0.25, -0.2) is 9.50 Å². The molecule has 0 aliphatic carbocycles. The fourth-order valence-corrected chi connectivity index (χ4v) is 3.18. The van der Waals surface area contributed by atoms with Gasteiger partial charge in [0.05, 0.1) is 10.2 Å². The van der Waals surface area contributed by atoms with E-state index in [1.165, 1.54) is 22.2 Å². The second-order valence-corrected chi connectivity index (χ2v) is 4.95. The van der Waals surface area contributed by atoms with Gasteiger partial charge in [-0.2, -0.15) is 5.10 Å². The molecule has 0 fully saturated rings. The summed E-state index contributed by atoms with van der Waals surface area (Å²) in [6.45, 7) is 4.14. The highest BCUT2D eigenvalue weighted by Crippen LogP contribution is 2.28. The first kappa shape index (κ1) is 9.78. The summed E-state index contributed by atoms with van der Waals surface area (Å²) in [6.07, 6.45) is 2.30. The van der Waals surface area contributed by atoms with E-state index in [0.717, 1.165) is 17.2 Å². The Morgan fingerprint density at radius 2 is 2.25 bits per heavy atom. The summed E-state index contributed by atoms with van der Waals surface area (Å²) >= 11 is 1.74. The summed E-state index contributed by atoms with van der Waals surface area (Å²) < 4.78 is 3.29. The van der Waals surface area contributed by atoms with Gasteiger partial charge in [0.25, 0.3) is 0 Å². The lowest BCUT2D eigenvalue weighted by Gasteiger charge is -1.99. The summed E-state index contributed by atoms with van der Waals surface area (Å²) in [5.41, 5.74) is 2.60. The number of thiazole rings is 1.